The van der Waals surface area contributed by atoms with Crippen LogP contribution in [0.5, 0.6) is 0 Å². The molecule has 0 amide bonds. The van der Waals surface area contributed by atoms with Crippen molar-refractivity contribution in [2.75, 3.05) is 0 Å². The molecule has 5 aromatic rings. The molecule has 0 atom stereocenters. The van der Waals surface area contributed by atoms with Gasteiger partial charge in [0.15, 0.2) is 0 Å². The summed E-state index contributed by atoms with van der Waals surface area (Å²) in [5.74, 6) is 0. The van der Waals surface area contributed by atoms with Crippen LogP contribution in [-0.2, 0) is 6.42 Å². The molecule has 0 saturated heterocycles. The van der Waals surface area contributed by atoms with Gasteiger partial charge in [0.25, 0.3) is 0 Å². The third kappa shape index (κ3) is 4.72. The van der Waals surface area contributed by atoms with Gasteiger partial charge in [0, 0.05) is 25.0 Å². The summed E-state index contributed by atoms with van der Waals surface area (Å²) >= 11 is 3.88. The Labute approximate surface area is 200 Å². The molecule has 3 aromatic carbocycles. The molecule has 0 saturated carbocycles. The second kappa shape index (κ2) is 10.4. The van der Waals surface area contributed by atoms with E-state index in [9.17, 15) is 0 Å². The molecule has 0 aliphatic heterocycles. The Balaban J connectivity index is 1.24. The smallest absolute Gasteiger partial charge is 0.0424 e. The summed E-state index contributed by atoms with van der Waals surface area (Å²) in [4.78, 5) is 1.56. The molecule has 0 unspecified atom stereocenters. The molecular weight excluding hydrogens is 424 g/mol. The van der Waals surface area contributed by atoms with Crippen LogP contribution >= 0.6 is 22.7 Å². The van der Waals surface area contributed by atoms with Gasteiger partial charge in [-0.2, -0.15) is 0 Å². The highest BCUT2D eigenvalue weighted by molar-refractivity contribution is 7.20. The van der Waals surface area contributed by atoms with Crippen molar-refractivity contribution >= 4 is 64.4 Å². The average Bonchev–Trinajstić information content (AvgIpc) is 3.46. The minimum absolute atomic E-state index is 1.24. The lowest BCUT2D eigenvalue weighted by molar-refractivity contribution is 0.557. The van der Waals surface area contributed by atoms with Crippen molar-refractivity contribution in [2.24, 2.45) is 0 Å². The Morgan fingerprint density at radius 3 is 1.88 bits per heavy atom. The molecule has 0 bridgehead atoms. The fraction of sp³-hybridized carbons (Fsp3) is 0.400. The SMILES string of the molecule is CCCCCCCCCCCCc1cc2ccc3cc4c(ccc5ccsc54)cc3c2s1. The zero-order valence-electron chi connectivity index (χ0n) is 19.3. The molecular formula is C30H34S2. The van der Waals surface area contributed by atoms with Gasteiger partial charge >= 0.3 is 0 Å². The van der Waals surface area contributed by atoms with E-state index >= 15 is 0 Å². The van der Waals surface area contributed by atoms with Crippen LogP contribution in [0.3, 0.4) is 0 Å². The van der Waals surface area contributed by atoms with Crippen LogP contribution in [0.4, 0.5) is 0 Å². The van der Waals surface area contributed by atoms with Gasteiger partial charge in [-0.1, -0.05) is 89.0 Å². The largest absolute Gasteiger partial charge is 0.143 e. The summed E-state index contributed by atoms with van der Waals surface area (Å²) in [5, 5.41) is 10.5. The van der Waals surface area contributed by atoms with Gasteiger partial charge in [-0.25, -0.2) is 0 Å². The molecule has 2 heteroatoms. The molecule has 0 spiro atoms. The van der Waals surface area contributed by atoms with Crippen LogP contribution in [0.1, 0.15) is 76.0 Å². The van der Waals surface area contributed by atoms with E-state index in [1.165, 1.54) is 112 Å². The molecule has 0 N–H and O–H groups in total. The molecule has 32 heavy (non-hydrogen) atoms. The van der Waals surface area contributed by atoms with Gasteiger partial charge in [0.1, 0.15) is 0 Å². The van der Waals surface area contributed by atoms with E-state index in [4.69, 9.17) is 0 Å². The first-order chi connectivity index (χ1) is 15.8. The van der Waals surface area contributed by atoms with Crippen molar-refractivity contribution in [3.63, 3.8) is 0 Å². The van der Waals surface area contributed by atoms with E-state index in [0.29, 0.717) is 0 Å². The number of hydrogen-bond donors (Lipinski definition) is 0. The second-order valence-corrected chi connectivity index (χ2v) is 11.4. The van der Waals surface area contributed by atoms with Gasteiger partial charge < -0.3 is 0 Å². The van der Waals surface area contributed by atoms with Gasteiger partial charge in [0.2, 0.25) is 0 Å². The first kappa shape index (κ1) is 21.9. The third-order valence-corrected chi connectivity index (χ3v) is 9.09. The van der Waals surface area contributed by atoms with Crippen molar-refractivity contribution in [3.8, 4) is 0 Å². The lowest BCUT2D eigenvalue weighted by atomic mass is 10.0. The van der Waals surface area contributed by atoms with Crippen LogP contribution < -0.4 is 0 Å². The van der Waals surface area contributed by atoms with Crippen molar-refractivity contribution in [1.82, 2.24) is 0 Å². The number of aryl methyl sites for hydroxylation is 1. The topological polar surface area (TPSA) is 0 Å². The maximum Gasteiger partial charge on any atom is 0.0424 e. The maximum atomic E-state index is 2.44. The Morgan fingerprint density at radius 2 is 1.16 bits per heavy atom. The van der Waals surface area contributed by atoms with E-state index in [2.05, 4.69) is 60.8 Å². The first-order valence-electron chi connectivity index (χ1n) is 12.6. The summed E-state index contributed by atoms with van der Waals surface area (Å²) < 4.78 is 2.88. The fourth-order valence-electron chi connectivity index (χ4n) is 5.03. The standard InChI is InChI=1S/C30H34S2/c1-2-3-4-5-6-7-8-9-10-11-12-26-19-25-16-15-24-20-27-23(21-28(24)30(25)32-26)14-13-22-17-18-31-29(22)27/h13-21H,2-12H2,1H3. The normalized spacial score (nSPS) is 12.0. The number of rotatable bonds is 11. The number of hydrogen-bond acceptors (Lipinski definition) is 2. The molecule has 0 fully saturated rings. The highest BCUT2D eigenvalue weighted by atomic mass is 32.1. The summed E-state index contributed by atoms with van der Waals surface area (Å²) in [6, 6.07) is 18.7. The van der Waals surface area contributed by atoms with E-state index in [1.807, 2.05) is 22.7 Å². The predicted octanol–water partition coefficient (Wildman–Crippen LogP) is 10.9. The summed E-state index contributed by atoms with van der Waals surface area (Å²) in [6.45, 7) is 2.29. The second-order valence-electron chi connectivity index (χ2n) is 9.33. The number of thiophene rings is 2. The van der Waals surface area contributed by atoms with Crippen LogP contribution in [0, 0.1) is 0 Å². The Bertz CT molecular complexity index is 1320. The predicted molar refractivity (Wildman–Crippen MR) is 148 cm³/mol. The Hall–Kier alpha value is -1.90. The zero-order valence-corrected chi connectivity index (χ0v) is 20.9. The average molecular weight is 459 g/mol. The van der Waals surface area contributed by atoms with Gasteiger partial charge in [0.05, 0.1) is 0 Å². The van der Waals surface area contributed by atoms with Gasteiger partial charge in [-0.15, -0.1) is 22.7 Å². The lowest BCUT2D eigenvalue weighted by Gasteiger charge is -2.05. The molecule has 0 aliphatic carbocycles. The fourth-order valence-corrected chi connectivity index (χ4v) is 7.19. The zero-order chi connectivity index (χ0) is 21.8. The van der Waals surface area contributed by atoms with Crippen LogP contribution in [0.2, 0.25) is 0 Å². The summed E-state index contributed by atoms with van der Waals surface area (Å²) in [6.07, 6.45) is 15.3. The van der Waals surface area contributed by atoms with Crippen molar-refractivity contribution in [1.29, 1.82) is 0 Å². The van der Waals surface area contributed by atoms with E-state index in [0.717, 1.165) is 0 Å². The third-order valence-electron chi connectivity index (χ3n) is 6.88. The quantitative estimate of drug-likeness (QED) is 0.136. The maximum absolute atomic E-state index is 2.44. The van der Waals surface area contributed by atoms with Gasteiger partial charge in [-0.3, -0.25) is 0 Å². The van der Waals surface area contributed by atoms with E-state index in [1.54, 1.807) is 4.88 Å². The minimum atomic E-state index is 1.24. The molecule has 5 rings (SSSR count). The Morgan fingerprint density at radius 1 is 0.562 bits per heavy atom. The molecule has 0 aliphatic rings. The van der Waals surface area contributed by atoms with Crippen molar-refractivity contribution in [2.45, 2.75) is 77.6 Å². The molecule has 166 valence electrons. The van der Waals surface area contributed by atoms with Crippen LogP contribution in [-0.4, -0.2) is 0 Å². The number of unbranched alkanes of at least 4 members (excludes halogenated alkanes) is 9. The van der Waals surface area contributed by atoms with Crippen molar-refractivity contribution < 1.29 is 0 Å². The molecule has 2 aromatic heterocycles. The first-order valence-corrected chi connectivity index (χ1v) is 14.3. The van der Waals surface area contributed by atoms with E-state index < -0.39 is 0 Å². The highest BCUT2D eigenvalue weighted by Gasteiger charge is 2.09. The molecule has 2 heterocycles. The summed E-state index contributed by atoms with van der Waals surface area (Å²) in [5.41, 5.74) is 0. The van der Waals surface area contributed by atoms with Crippen molar-refractivity contribution in [3.05, 3.63) is 58.8 Å². The lowest BCUT2D eigenvalue weighted by Crippen LogP contribution is -1.84. The summed E-state index contributed by atoms with van der Waals surface area (Å²) in [7, 11) is 0. The Kier molecular flexibility index (Phi) is 7.10. The molecule has 0 nitrogen and oxygen atoms in total. The number of benzene rings is 3. The minimum Gasteiger partial charge on any atom is -0.143 e. The molecule has 0 radical (unpaired) electrons. The van der Waals surface area contributed by atoms with Crippen LogP contribution in [0.25, 0.3) is 41.7 Å². The van der Waals surface area contributed by atoms with E-state index in [-0.39, 0.29) is 0 Å². The van der Waals surface area contributed by atoms with Gasteiger partial charge in [-0.05, 0) is 64.0 Å². The van der Waals surface area contributed by atoms with Crippen LogP contribution in [0.15, 0.2) is 53.9 Å². The highest BCUT2D eigenvalue weighted by Crippen LogP contribution is 2.38. The number of fused-ring (bicyclic) bond motifs is 6. The monoisotopic (exact) mass is 458 g/mol.